The van der Waals surface area contributed by atoms with Crippen LogP contribution in [0.1, 0.15) is 42.6 Å². The van der Waals surface area contributed by atoms with E-state index < -0.39 is 29.7 Å². The molecule has 0 amide bonds. The van der Waals surface area contributed by atoms with E-state index >= 15 is 0 Å². The lowest BCUT2D eigenvalue weighted by molar-refractivity contribution is -0.168. The molecular weight excluding hydrogens is 484 g/mol. The van der Waals surface area contributed by atoms with Crippen LogP contribution in [0.4, 0.5) is 37.8 Å². The number of alkyl halides is 5. The molecular formula is C25H17F6N5. The van der Waals surface area contributed by atoms with Crippen LogP contribution in [0.15, 0.2) is 36.4 Å². The highest BCUT2D eigenvalue weighted by atomic mass is 19.4. The van der Waals surface area contributed by atoms with Crippen molar-refractivity contribution in [1.82, 2.24) is 19.6 Å². The Labute approximate surface area is 200 Å². The van der Waals surface area contributed by atoms with E-state index in [4.69, 9.17) is 0 Å². The molecule has 1 fully saturated rings. The summed E-state index contributed by atoms with van der Waals surface area (Å²) in [6, 6.07) is 8.92. The maximum absolute atomic E-state index is 14.3. The highest BCUT2D eigenvalue weighted by Crippen LogP contribution is 2.57. The van der Waals surface area contributed by atoms with E-state index in [1.54, 1.807) is 23.1 Å². The summed E-state index contributed by atoms with van der Waals surface area (Å²) < 4.78 is 82.6. The first-order chi connectivity index (χ1) is 17.2. The van der Waals surface area contributed by atoms with Gasteiger partial charge in [0.2, 0.25) is 5.82 Å². The van der Waals surface area contributed by atoms with Crippen LogP contribution in [0.3, 0.4) is 0 Å². The van der Waals surface area contributed by atoms with Gasteiger partial charge in [0.25, 0.3) is 12.2 Å². The fourth-order valence-electron chi connectivity index (χ4n) is 4.73. The molecule has 0 bridgehead atoms. The maximum Gasteiger partial charge on any atom is 0.405 e. The van der Waals surface area contributed by atoms with Crippen molar-refractivity contribution < 1.29 is 26.3 Å². The highest BCUT2D eigenvalue weighted by Gasteiger charge is 2.62. The van der Waals surface area contributed by atoms with Gasteiger partial charge in [-0.1, -0.05) is 17.9 Å². The van der Waals surface area contributed by atoms with Gasteiger partial charge in [0.1, 0.15) is 17.1 Å². The standard InChI is InChI=1S/C25H17F6N5/c26-15-6-7-19-17(13-15)21(32-23-34-33-22(20(27)28)36(19)23)35-12-2-4-16-14(3-1-5-18(16)35)8-9-24(10-11-24)25(29,30)31/h1,3,5-7,13,20H,2,4,10-12H2. The van der Waals surface area contributed by atoms with Gasteiger partial charge < -0.3 is 4.90 Å². The molecule has 0 unspecified atom stereocenters. The molecule has 1 saturated carbocycles. The molecule has 2 aromatic heterocycles. The fourth-order valence-corrected chi connectivity index (χ4v) is 4.73. The molecule has 3 heterocycles. The predicted molar refractivity (Wildman–Crippen MR) is 120 cm³/mol. The molecule has 1 aliphatic heterocycles. The summed E-state index contributed by atoms with van der Waals surface area (Å²) in [5.74, 6) is 4.27. The Hall–Kier alpha value is -3.81. The Bertz CT molecular complexity index is 1580. The van der Waals surface area contributed by atoms with Crippen LogP contribution in [-0.4, -0.2) is 32.3 Å². The average molecular weight is 501 g/mol. The number of anilines is 2. The van der Waals surface area contributed by atoms with Gasteiger partial charge in [-0.3, -0.25) is 4.40 Å². The highest BCUT2D eigenvalue weighted by molar-refractivity contribution is 5.94. The largest absolute Gasteiger partial charge is 0.405 e. The van der Waals surface area contributed by atoms with Gasteiger partial charge in [0, 0.05) is 23.2 Å². The molecule has 5 nitrogen and oxygen atoms in total. The number of hydrogen-bond acceptors (Lipinski definition) is 4. The molecule has 0 saturated heterocycles. The second-order valence-corrected chi connectivity index (χ2v) is 8.98. The van der Waals surface area contributed by atoms with Crippen molar-refractivity contribution in [2.45, 2.75) is 38.3 Å². The normalized spacial score (nSPS) is 16.8. The van der Waals surface area contributed by atoms with Crippen LogP contribution < -0.4 is 4.90 Å². The number of aromatic nitrogens is 4. The zero-order valence-electron chi connectivity index (χ0n) is 18.6. The third-order valence-electron chi connectivity index (χ3n) is 6.75. The first-order valence-electron chi connectivity index (χ1n) is 11.3. The summed E-state index contributed by atoms with van der Waals surface area (Å²) in [4.78, 5) is 6.26. The molecule has 0 spiro atoms. The lowest BCUT2D eigenvalue weighted by atomic mass is 9.95. The van der Waals surface area contributed by atoms with Gasteiger partial charge in [0.05, 0.1) is 5.52 Å². The molecule has 2 aromatic carbocycles. The second-order valence-electron chi connectivity index (χ2n) is 8.98. The minimum atomic E-state index is -4.38. The molecule has 1 aliphatic carbocycles. The van der Waals surface area contributed by atoms with Crippen LogP contribution in [0.25, 0.3) is 16.7 Å². The van der Waals surface area contributed by atoms with Crippen molar-refractivity contribution >= 4 is 28.2 Å². The number of benzene rings is 2. The Balaban J connectivity index is 1.52. The van der Waals surface area contributed by atoms with E-state index in [1.165, 1.54) is 12.1 Å². The molecule has 4 aromatic rings. The summed E-state index contributed by atoms with van der Waals surface area (Å²) in [5.41, 5.74) is 0.240. The van der Waals surface area contributed by atoms with Gasteiger partial charge in [-0.05, 0) is 61.6 Å². The first kappa shape index (κ1) is 22.6. The summed E-state index contributed by atoms with van der Waals surface area (Å²) in [5, 5.41) is 7.64. The van der Waals surface area contributed by atoms with E-state index in [2.05, 4.69) is 27.0 Å². The third kappa shape index (κ3) is 3.46. The van der Waals surface area contributed by atoms with Crippen LogP contribution in [-0.2, 0) is 6.42 Å². The Morgan fingerprint density at radius 3 is 2.58 bits per heavy atom. The third-order valence-corrected chi connectivity index (χ3v) is 6.75. The van der Waals surface area contributed by atoms with Crippen molar-refractivity contribution in [2.24, 2.45) is 5.41 Å². The van der Waals surface area contributed by atoms with Crippen molar-refractivity contribution in [3.63, 3.8) is 0 Å². The summed E-state index contributed by atoms with van der Waals surface area (Å²) in [7, 11) is 0. The van der Waals surface area contributed by atoms with Gasteiger partial charge in [-0.2, -0.15) is 18.2 Å². The molecule has 0 radical (unpaired) electrons. The fraction of sp³-hybridized carbons (Fsp3) is 0.320. The van der Waals surface area contributed by atoms with E-state index in [1.807, 2.05) is 0 Å². The number of hydrogen-bond donors (Lipinski definition) is 0. The van der Waals surface area contributed by atoms with Gasteiger partial charge in [-0.25, -0.2) is 13.2 Å². The SMILES string of the molecule is Fc1ccc2c(c1)c(N1CCCc3c(C#CC4(C(F)(F)F)CC4)cccc31)nc1nnc(C(F)F)n12. The number of nitrogens with zero attached hydrogens (tertiary/aromatic N) is 5. The Kier molecular flexibility index (Phi) is 4.94. The zero-order valence-corrected chi connectivity index (χ0v) is 18.6. The lowest BCUT2D eigenvalue weighted by Gasteiger charge is -2.32. The van der Waals surface area contributed by atoms with Crippen LogP contribution >= 0.6 is 0 Å². The number of fused-ring (bicyclic) bond motifs is 4. The van der Waals surface area contributed by atoms with Gasteiger partial charge in [0.15, 0.2) is 0 Å². The Morgan fingerprint density at radius 1 is 1.06 bits per heavy atom. The van der Waals surface area contributed by atoms with Crippen molar-refractivity contribution in [1.29, 1.82) is 0 Å². The molecule has 6 rings (SSSR count). The molecule has 11 heteroatoms. The quantitative estimate of drug-likeness (QED) is 0.245. The molecule has 0 atom stereocenters. The van der Waals surface area contributed by atoms with Crippen molar-refractivity contribution in [3.8, 4) is 11.8 Å². The van der Waals surface area contributed by atoms with Crippen molar-refractivity contribution in [2.75, 3.05) is 11.4 Å². The topological polar surface area (TPSA) is 46.3 Å². The minimum Gasteiger partial charge on any atom is -0.325 e. The minimum absolute atomic E-state index is 0.00884. The number of halogens is 6. The van der Waals surface area contributed by atoms with E-state index in [0.717, 1.165) is 16.0 Å². The molecule has 36 heavy (non-hydrogen) atoms. The van der Waals surface area contributed by atoms with E-state index in [0.29, 0.717) is 36.5 Å². The lowest BCUT2D eigenvalue weighted by Crippen LogP contribution is -2.26. The zero-order chi connectivity index (χ0) is 25.2. The average Bonchev–Trinajstić information content (AvgIpc) is 3.53. The van der Waals surface area contributed by atoms with E-state index in [9.17, 15) is 26.3 Å². The van der Waals surface area contributed by atoms with Gasteiger partial charge >= 0.3 is 6.18 Å². The summed E-state index contributed by atoms with van der Waals surface area (Å²) in [6.07, 6.45) is -6.09. The maximum atomic E-state index is 14.3. The van der Waals surface area contributed by atoms with Crippen LogP contribution in [0.2, 0.25) is 0 Å². The Morgan fingerprint density at radius 2 is 1.86 bits per heavy atom. The van der Waals surface area contributed by atoms with Crippen molar-refractivity contribution in [3.05, 3.63) is 59.2 Å². The van der Waals surface area contributed by atoms with Crippen LogP contribution in [0.5, 0.6) is 0 Å². The predicted octanol–water partition coefficient (Wildman–Crippen LogP) is 6.13. The van der Waals surface area contributed by atoms with Gasteiger partial charge in [-0.15, -0.1) is 10.2 Å². The molecule has 0 N–H and O–H groups in total. The summed E-state index contributed by atoms with van der Waals surface area (Å²) in [6.45, 7) is 0.473. The smallest absolute Gasteiger partial charge is 0.325 e. The molecule has 184 valence electrons. The number of rotatable bonds is 2. The molecule has 2 aliphatic rings. The summed E-state index contributed by atoms with van der Waals surface area (Å²) >= 11 is 0. The second kappa shape index (κ2) is 7.85. The monoisotopic (exact) mass is 501 g/mol. The van der Waals surface area contributed by atoms with Crippen LogP contribution in [0, 0.1) is 23.1 Å². The first-order valence-corrected chi connectivity index (χ1v) is 11.3. The van der Waals surface area contributed by atoms with E-state index in [-0.39, 0.29) is 29.5 Å².